The molecule has 0 radical (unpaired) electrons. The standard InChI is InChI=1S/C12H21N5O3S2/c1-16-11(2-3-15-16)10-14-12(18)13-4-9-22(19,20)17-5-7-21-8-6-17/h2-3H,4-10H2,1H3,(H2,13,14,18). The molecule has 0 aromatic carbocycles. The molecule has 124 valence electrons. The maximum atomic E-state index is 12.1. The van der Waals surface area contributed by atoms with Crippen molar-refractivity contribution in [1.82, 2.24) is 24.7 Å². The van der Waals surface area contributed by atoms with E-state index in [0.717, 1.165) is 17.2 Å². The van der Waals surface area contributed by atoms with Crippen molar-refractivity contribution in [1.29, 1.82) is 0 Å². The monoisotopic (exact) mass is 347 g/mol. The molecule has 2 amide bonds. The van der Waals surface area contributed by atoms with Crippen molar-refractivity contribution in [2.75, 3.05) is 36.9 Å². The molecule has 1 aliphatic rings. The van der Waals surface area contributed by atoms with Crippen molar-refractivity contribution in [3.8, 4) is 0 Å². The van der Waals surface area contributed by atoms with E-state index in [9.17, 15) is 13.2 Å². The summed E-state index contributed by atoms with van der Waals surface area (Å²) in [7, 11) is -1.49. The first-order valence-electron chi connectivity index (χ1n) is 7.03. The van der Waals surface area contributed by atoms with Gasteiger partial charge in [-0.1, -0.05) is 0 Å². The van der Waals surface area contributed by atoms with E-state index in [-0.39, 0.29) is 18.3 Å². The van der Waals surface area contributed by atoms with Gasteiger partial charge in [0.1, 0.15) is 0 Å². The number of rotatable bonds is 6. The number of urea groups is 1. The molecule has 22 heavy (non-hydrogen) atoms. The van der Waals surface area contributed by atoms with Gasteiger partial charge in [0.05, 0.1) is 18.0 Å². The van der Waals surface area contributed by atoms with Crippen LogP contribution in [0.1, 0.15) is 5.69 Å². The number of nitrogens with one attached hydrogen (secondary N) is 2. The average molecular weight is 347 g/mol. The van der Waals surface area contributed by atoms with Crippen LogP contribution in [0.2, 0.25) is 0 Å². The summed E-state index contributed by atoms with van der Waals surface area (Å²) in [5.41, 5.74) is 0.869. The van der Waals surface area contributed by atoms with Gasteiger partial charge in [-0.25, -0.2) is 17.5 Å². The second-order valence-corrected chi connectivity index (χ2v) is 8.20. The van der Waals surface area contributed by atoms with E-state index in [4.69, 9.17) is 0 Å². The lowest BCUT2D eigenvalue weighted by Crippen LogP contribution is -2.43. The van der Waals surface area contributed by atoms with E-state index in [1.54, 1.807) is 35.8 Å². The number of thioether (sulfide) groups is 1. The van der Waals surface area contributed by atoms with Crippen LogP contribution in [0.4, 0.5) is 4.79 Å². The molecular weight excluding hydrogens is 326 g/mol. The Morgan fingerprint density at radius 2 is 2.09 bits per heavy atom. The quantitative estimate of drug-likeness (QED) is 0.730. The van der Waals surface area contributed by atoms with Gasteiger partial charge in [0.2, 0.25) is 10.0 Å². The third-order valence-corrected chi connectivity index (χ3v) is 6.18. The summed E-state index contributed by atoms with van der Waals surface area (Å²) < 4.78 is 27.3. The fourth-order valence-electron chi connectivity index (χ4n) is 2.06. The number of carbonyl (C=O) groups is 1. The number of amides is 2. The molecule has 10 heteroatoms. The largest absolute Gasteiger partial charge is 0.337 e. The van der Waals surface area contributed by atoms with E-state index >= 15 is 0 Å². The highest BCUT2D eigenvalue weighted by Gasteiger charge is 2.23. The van der Waals surface area contributed by atoms with Crippen LogP contribution in [0, 0.1) is 0 Å². The fraction of sp³-hybridized carbons (Fsp3) is 0.667. The summed E-state index contributed by atoms with van der Waals surface area (Å²) in [6.07, 6.45) is 1.65. The summed E-state index contributed by atoms with van der Waals surface area (Å²) in [4.78, 5) is 11.6. The third kappa shape index (κ3) is 4.89. The molecule has 2 heterocycles. The zero-order valence-electron chi connectivity index (χ0n) is 12.5. The van der Waals surface area contributed by atoms with Crippen LogP contribution in [-0.2, 0) is 23.6 Å². The Labute approximate surface area is 134 Å². The predicted octanol–water partition coefficient (Wildman–Crippen LogP) is -0.402. The summed E-state index contributed by atoms with van der Waals surface area (Å²) in [5, 5.41) is 9.24. The Hall–Kier alpha value is -1.26. The second kappa shape index (κ2) is 7.84. The molecule has 0 saturated carbocycles. The lowest BCUT2D eigenvalue weighted by molar-refractivity contribution is 0.241. The Bertz CT molecular complexity index is 596. The van der Waals surface area contributed by atoms with Gasteiger partial charge in [0.25, 0.3) is 0 Å². The summed E-state index contributed by atoms with van der Waals surface area (Å²) >= 11 is 1.76. The first kappa shape index (κ1) is 17.1. The SMILES string of the molecule is Cn1nccc1CNC(=O)NCCS(=O)(=O)N1CCSCC1. The molecule has 0 atom stereocenters. The van der Waals surface area contributed by atoms with E-state index in [2.05, 4.69) is 15.7 Å². The molecule has 2 rings (SSSR count). The van der Waals surface area contributed by atoms with Crippen molar-refractivity contribution < 1.29 is 13.2 Å². The lowest BCUT2D eigenvalue weighted by atomic mass is 10.4. The number of hydrogen-bond acceptors (Lipinski definition) is 5. The Morgan fingerprint density at radius 3 is 2.73 bits per heavy atom. The maximum Gasteiger partial charge on any atom is 0.315 e. The van der Waals surface area contributed by atoms with Crippen LogP contribution in [0.25, 0.3) is 0 Å². The van der Waals surface area contributed by atoms with Crippen LogP contribution in [0.15, 0.2) is 12.3 Å². The van der Waals surface area contributed by atoms with Gasteiger partial charge < -0.3 is 10.6 Å². The first-order chi connectivity index (χ1) is 10.5. The van der Waals surface area contributed by atoms with Crippen LogP contribution < -0.4 is 10.6 Å². The van der Waals surface area contributed by atoms with Gasteiger partial charge in [-0.2, -0.15) is 16.9 Å². The number of aryl methyl sites for hydroxylation is 1. The van der Waals surface area contributed by atoms with Crippen LogP contribution >= 0.6 is 11.8 Å². The van der Waals surface area contributed by atoms with E-state index in [1.807, 2.05) is 0 Å². The van der Waals surface area contributed by atoms with E-state index < -0.39 is 10.0 Å². The first-order valence-corrected chi connectivity index (χ1v) is 9.79. The van der Waals surface area contributed by atoms with Crippen molar-refractivity contribution >= 4 is 27.8 Å². The van der Waals surface area contributed by atoms with Crippen molar-refractivity contribution in [2.24, 2.45) is 7.05 Å². The van der Waals surface area contributed by atoms with Gasteiger partial charge in [-0.05, 0) is 6.07 Å². The van der Waals surface area contributed by atoms with Gasteiger partial charge in [0.15, 0.2) is 0 Å². The predicted molar refractivity (Wildman–Crippen MR) is 86.1 cm³/mol. The summed E-state index contributed by atoms with van der Waals surface area (Å²) in [6.45, 7) is 1.56. The zero-order chi connectivity index (χ0) is 16.0. The van der Waals surface area contributed by atoms with Gasteiger partial charge >= 0.3 is 6.03 Å². The Kier molecular flexibility index (Phi) is 6.09. The highest BCUT2D eigenvalue weighted by molar-refractivity contribution is 7.99. The van der Waals surface area contributed by atoms with E-state index in [0.29, 0.717) is 19.6 Å². The van der Waals surface area contributed by atoms with Crippen molar-refractivity contribution in [3.05, 3.63) is 18.0 Å². The van der Waals surface area contributed by atoms with Gasteiger partial charge in [0, 0.05) is 44.4 Å². The minimum absolute atomic E-state index is 0.0726. The molecule has 0 aliphatic carbocycles. The minimum atomic E-state index is -3.28. The molecule has 8 nitrogen and oxygen atoms in total. The molecule has 1 fully saturated rings. The van der Waals surface area contributed by atoms with E-state index in [1.165, 1.54) is 4.31 Å². The third-order valence-electron chi connectivity index (χ3n) is 3.36. The lowest BCUT2D eigenvalue weighted by Gasteiger charge is -2.25. The Balaban J connectivity index is 1.69. The fourth-order valence-corrected chi connectivity index (χ4v) is 4.55. The molecule has 1 aromatic rings. The molecule has 0 spiro atoms. The molecule has 0 bridgehead atoms. The smallest absolute Gasteiger partial charge is 0.315 e. The number of hydrogen-bond donors (Lipinski definition) is 2. The second-order valence-electron chi connectivity index (χ2n) is 4.88. The molecule has 1 aromatic heterocycles. The number of aromatic nitrogens is 2. The highest BCUT2D eigenvalue weighted by Crippen LogP contribution is 2.12. The van der Waals surface area contributed by atoms with Gasteiger partial charge in [-0.3, -0.25) is 4.68 Å². The number of sulfonamides is 1. The zero-order valence-corrected chi connectivity index (χ0v) is 14.1. The van der Waals surface area contributed by atoms with Crippen molar-refractivity contribution in [3.63, 3.8) is 0 Å². The van der Waals surface area contributed by atoms with Crippen molar-refractivity contribution in [2.45, 2.75) is 6.54 Å². The molecule has 1 saturated heterocycles. The van der Waals surface area contributed by atoms with Gasteiger partial charge in [-0.15, -0.1) is 0 Å². The normalized spacial score (nSPS) is 16.4. The topological polar surface area (TPSA) is 96.3 Å². The minimum Gasteiger partial charge on any atom is -0.337 e. The van der Waals surface area contributed by atoms with Crippen LogP contribution in [0.3, 0.4) is 0 Å². The Morgan fingerprint density at radius 1 is 1.36 bits per heavy atom. The maximum absolute atomic E-state index is 12.1. The highest BCUT2D eigenvalue weighted by atomic mass is 32.2. The summed E-state index contributed by atoms with van der Waals surface area (Å²) in [5.74, 6) is 1.59. The van der Waals surface area contributed by atoms with Crippen LogP contribution in [0.5, 0.6) is 0 Å². The molecule has 0 unspecified atom stereocenters. The molecule has 2 N–H and O–H groups in total. The van der Waals surface area contributed by atoms with Crippen LogP contribution in [-0.4, -0.2) is 65.4 Å². The summed E-state index contributed by atoms with van der Waals surface area (Å²) in [6, 6.07) is 1.42. The number of nitrogens with zero attached hydrogens (tertiary/aromatic N) is 3. The average Bonchev–Trinajstić information content (AvgIpc) is 2.91. The number of carbonyl (C=O) groups excluding carboxylic acids is 1. The molecular formula is C12H21N5O3S2. The molecule has 1 aliphatic heterocycles.